The fourth-order valence-electron chi connectivity index (χ4n) is 2.15. The first kappa shape index (κ1) is 12.6. The van der Waals surface area contributed by atoms with Gasteiger partial charge in [0.25, 0.3) is 5.91 Å². The van der Waals surface area contributed by atoms with Crippen molar-refractivity contribution in [3.8, 4) is 0 Å². The molecule has 96 valence electrons. The molecule has 0 radical (unpaired) electrons. The Balaban J connectivity index is 2.04. The molecule has 0 saturated carbocycles. The number of ether oxygens (including phenoxy) is 1. The van der Waals surface area contributed by atoms with E-state index in [1.807, 2.05) is 12.1 Å². The molecule has 0 aromatic heterocycles. The largest absolute Gasteiger partial charge is 0.452 e. The lowest BCUT2D eigenvalue weighted by molar-refractivity contribution is -0.123. The highest BCUT2D eigenvalue weighted by Gasteiger charge is 2.14. The van der Waals surface area contributed by atoms with E-state index in [1.54, 1.807) is 6.07 Å². The molecule has 0 spiro atoms. The standard InChI is InChI=1S/C14H17NO3/c1-15-13(16)9-18-14(17)12-7-6-10-4-2-3-5-11(10)8-12/h6-8H,2-5,9H2,1H3,(H,15,16). The number of aryl methyl sites for hydroxylation is 2. The topological polar surface area (TPSA) is 55.4 Å². The Morgan fingerprint density at radius 3 is 2.67 bits per heavy atom. The van der Waals surface area contributed by atoms with Crippen molar-refractivity contribution in [1.82, 2.24) is 5.32 Å². The van der Waals surface area contributed by atoms with Gasteiger partial charge in [0.15, 0.2) is 6.61 Å². The Hall–Kier alpha value is -1.84. The summed E-state index contributed by atoms with van der Waals surface area (Å²) < 4.78 is 4.92. The maximum atomic E-state index is 11.7. The Morgan fingerprint density at radius 1 is 1.22 bits per heavy atom. The Labute approximate surface area is 106 Å². The zero-order valence-corrected chi connectivity index (χ0v) is 10.5. The summed E-state index contributed by atoms with van der Waals surface area (Å²) >= 11 is 0. The SMILES string of the molecule is CNC(=O)COC(=O)c1ccc2c(c1)CCCC2. The van der Waals surface area contributed by atoms with Crippen molar-refractivity contribution in [3.05, 3.63) is 34.9 Å². The number of amides is 1. The Morgan fingerprint density at radius 2 is 1.94 bits per heavy atom. The van der Waals surface area contributed by atoms with Gasteiger partial charge in [-0.3, -0.25) is 4.79 Å². The first-order valence-electron chi connectivity index (χ1n) is 6.20. The van der Waals surface area contributed by atoms with Crippen LogP contribution in [0.25, 0.3) is 0 Å². The lowest BCUT2D eigenvalue weighted by atomic mass is 9.90. The maximum Gasteiger partial charge on any atom is 0.338 e. The van der Waals surface area contributed by atoms with Crippen molar-refractivity contribution >= 4 is 11.9 Å². The summed E-state index contributed by atoms with van der Waals surface area (Å²) in [6, 6.07) is 5.65. The van der Waals surface area contributed by atoms with Crippen LogP contribution in [0.15, 0.2) is 18.2 Å². The average Bonchev–Trinajstić information content (AvgIpc) is 2.43. The minimum atomic E-state index is -0.438. The minimum Gasteiger partial charge on any atom is -0.452 e. The molecular formula is C14H17NO3. The molecule has 4 nitrogen and oxygen atoms in total. The van der Waals surface area contributed by atoms with E-state index in [-0.39, 0.29) is 12.5 Å². The quantitative estimate of drug-likeness (QED) is 0.823. The lowest BCUT2D eigenvalue weighted by Gasteiger charge is -2.16. The van der Waals surface area contributed by atoms with Gasteiger partial charge in [0.2, 0.25) is 0 Å². The molecule has 0 unspecified atom stereocenters. The first-order chi connectivity index (χ1) is 8.70. The van der Waals surface area contributed by atoms with E-state index < -0.39 is 5.97 Å². The van der Waals surface area contributed by atoms with Crippen molar-refractivity contribution in [2.24, 2.45) is 0 Å². The minimum absolute atomic E-state index is 0.230. The van der Waals surface area contributed by atoms with Gasteiger partial charge in [-0.15, -0.1) is 0 Å². The number of esters is 1. The smallest absolute Gasteiger partial charge is 0.338 e. The van der Waals surface area contributed by atoms with Crippen LogP contribution in [0, 0.1) is 0 Å². The van der Waals surface area contributed by atoms with Crippen molar-refractivity contribution in [1.29, 1.82) is 0 Å². The van der Waals surface area contributed by atoms with Gasteiger partial charge in [0, 0.05) is 7.05 Å². The van der Waals surface area contributed by atoms with Crippen LogP contribution in [-0.4, -0.2) is 25.5 Å². The van der Waals surface area contributed by atoms with Crippen LogP contribution in [0.5, 0.6) is 0 Å². The Kier molecular flexibility index (Phi) is 3.97. The average molecular weight is 247 g/mol. The van der Waals surface area contributed by atoms with Gasteiger partial charge in [-0.1, -0.05) is 6.07 Å². The summed E-state index contributed by atoms with van der Waals surface area (Å²) in [6.07, 6.45) is 4.49. The van der Waals surface area contributed by atoms with Crippen LogP contribution in [0.2, 0.25) is 0 Å². The van der Waals surface area contributed by atoms with Crippen LogP contribution in [0.3, 0.4) is 0 Å². The van der Waals surface area contributed by atoms with Gasteiger partial charge in [-0.25, -0.2) is 4.79 Å². The van der Waals surface area contributed by atoms with Crippen molar-refractivity contribution in [2.45, 2.75) is 25.7 Å². The lowest BCUT2D eigenvalue weighted by Crippen LogP contribution is -2.25. The zero-order chi connectivity index (χ0) is 13.0. The van der Waals surface area contributed by atoms with Crippen LogP contribution >= 0.6 is 0 Å². The second kappa shape index (κ2) is 5.67. The van der Waals surface area contributed by atoms with Crippen molar-refractivity contribution < 1.29 is 14.3 Å². The zero-order valence-electron chi connectivity index (χ0n) is 10.5. The molecule has 0 atom stereocenters. The molecule has 0 aliphatic heterocycles. The number of nitrogens with one attached hydrogen (secondary N) is 1. The number of rotatable bonds is 3. The first-order valence-corrected chi connectivity index (χ1v) is 6.20. The molecule has 0 fully saturated rings. The van der Waals surface area contributed by atoms with Gasteiger partial charge in [-0.2, -0.15) is 0 Å². The molecule has 1 aromatic carbocycles. The molecule has 0 bridgehead atoms. The summed E-state index contributed by atoms with van der Waals surface area (Å²) in [7, 11) is 1.51. The summed E-state index contributed by atoms with van der Waals surface area (Å²) in [5.41, 5.74) is 3.08. The van der Waals surface area contributed by atoms with Gasteiger partial charge >= 0.3 is 5.97 Å². The van der Waals surface area contributed by atoms with Gasteiger partial charge in [0.1, 0.15) is 0 Å². The molecule has 18 heavy (non-hydrogen) atoms. The van der Waals surface area contributed by atoms with E-state index >= 15 is 0 Å². The van der Waals surface area contributed by atoms with E-state index in [4.69, 9.17) is 4.74 Å². The van der Waals surface area contributed by atoms with Gasteiger partial charge in [-0.05, 0) is 48.9 Å². The number of carbonyl (C=O) groups is 2. The number of hydrogen-bond donors (Lipinski definition) is 1. The normalized spacial score (nSPS) is 13.6. The molecule has 1 aliphatic carbocycles. The molecule has 2 rings (SSSR count). The fourth-order valence-corrected chi connectivity index (χ4v) is 2.15. The summed E-state index contributed by atoms with van der Waals surface area (Å²) in [6.45, 7) is -0.230. The van der Waals surface area contributed by atoms with E-state index in [2.05, 4.69) is 5.32 Å². The number of likely N-dealkylation sites (N-methyl/N-ethyl adjacent to an activating group) is 1. The molecule has 1 aliphatic rings. The predicted molar refractivity (Wildman–Crippen MR) is 67.4 cm³/mol. The van der Waals surface area contributed by atoms with Gasteiger partial charge in [0.05, 0.1) is 5.56 Å². The van der Waals surface area contributed by atoms with E-state index in [0.717, 1.165) is 12.8 Å². The molecule has 1 amide bonds. The summed E-state index contributed by atoms with van der Waals surface area (Å²) in [5.74, 6) is -0.742. The van der Waals surface area contributed by atoms with Crippen molar-refractivity contribution in [2.75, 3.05) is 13.7 Å². The fraction of sp³-hybridized carbons (Fsp3) is 0.429. The third-order valence-corrected chi connectivity index (χ3v) is 3.20. The molecule has 0 saturated heterocycles. The molecule has 1 aromatic rings. The monoisotopic (exact) mass is 247 g/mol. The second-order valence-electron chi connectivity index (χ2n) is 4.44. The highest BCUT2D eigenvalue weighted by molar-refractivity contribution is 5.91. The van der Waals surface area contributed by atoms with Crippen molar-refractivity contribution in [3.63, 3.8) is 0 Å². The van der Waals surface area contributed by atoms with E-state index in [0.29, 0.717) is 5.56 Å². The Bertz CT molecular complexity index is 468. The summed E-state index contributed by atoms with van der Waals surface area (Å²) in [5, 5.41) is 2.41. The maximum absolute atomic E-state index is 11.7. The number of carbonyl (C=O) groups excluding carboxylic acids is 2. The highest BCUT2D eigenvalue weighted by atomic mass is 16.5. The number of fused-ring (bicyclic) bond motifs is 1. The molecule has 1 N–H and O–H groups in total. The highest BCUT2D eigenvalue weighted by Crippen LogP contribution is 2.22. The summed E-state index contributed by atoms with van der Waals surface area (Å²) in [4.78, 5) is 22.7. The van der Waals surface area contributed by atoms with E-state index in [1.165, 1.54) is 31.0 Å². The number of benzene rings is 1. The van der Waals surface area contributed by atoms with Crippen LogP contribution in [0.4, 0.5) is 0 Å². The third-order valence-electron chi connectivity index (χ3n) is 3.20. The molecule has 0 heterocycles. The molecular weight excluding hydrogens is 230 g/mol. The van der Waals surface area contributed by atoms with Crippen LogP contribution in [-0.2, 0) is 22.4 Å². The third kappa shape index (κ3) is 2.88. The van der Waals surface area contributed by atoms with E-state index in [9.17, 15) is 9.59 Å². The number of hydrogen-bond acceptors (Lipinski definition) is 3. The van der Waals surface area contributed by atoms with Crippen LogP contribution in [0.1, 0.15) is 34.3 Å². The predicted octanol–water partition coefficient (Wildman–Crippen LogP) is 1.47. The second-order valence-corrected chi connectivity index (χ2v) is 4.44. The molecule has 4 heteroatoms. The van der Waals surface area contributed by atoms with Gasteiger partial charge < -0.3 is 10.1 Å². The van der Waals surface area contributed by atoms with Crippen LogP contribution < -0.4 is 5.32 Å².